The molecule has 5 heteroatoms. The van der Waals surface area contributed by atoms with Gasteiger partial charge in [0.25, 0.3) is 0 Å². The van der Waals surface area contributed by atoms with Crippen LogP contribution in [-0.2, 0) is 20.7 Å². The Balaban J connectivity index is 0.00000320. The molecule has 0 N–H and O–H groups in total. The van der Waals surface area contributed by atoms with Crippen LogP contribution in [0.1, 0.15) is 38.5 Å². The van der Waals surface area contributed by atoms with Gasteiger partial charge < -0.3 is 14.2 Å². The first-order chi connectivity index (χ1) is 14.0. The average Bonchev–Trinajstić information content (AvgIpc) is 3.14. The van der Waals surface area contributed by atoms with Crippen molar-refractivity contribution in [3.8, 4) is 5.75 Å². The summed E-state index contributed by atoms with van der Waals surface area (Å²) in [5, 5.41) is 0. The first-order valence-corrected chi connectivity index (χ1v) is 9.82. The summed E-state index contributed by atoms with van der Waals surface area (Å²) in [6, 6.07) is 14.3. The molecule has 1 aliphatic rings. The maximum Gasteiger partial charge on any atom is 0.333 e. The average molecular weight is 415 g/mol. The van der Waals surface area contributed by atoms with Crippen molar-refractivity contribution in [3.05, 3.63) is 77.1 Å². The van der Waals surface area contributed by atoms with Gasteiger partial charge >= 0.3 is 5.97 Å². The van der Waals surface area contributed by atoms with Crippen LogP contribution in [0, 0.1) is 17.7 Å². The third-order valence-corrected chi connectivity index (χ3v) is 5.50. The summed E-state index contributed by atoms with van der Waals surface area (Å²) in [5.74, 6) is 0.370. The van der Waals surface area contributed by atoms with Crippen LogP contribution < -0.4 is 4.74 Å². The Kier molecular flexibility index (Phi) is 8.60. The minimum atomic E-state index is -0.319. The first kappa shape index (κ1) is 23.6. The Labute approximate surface area is 178 Å². The Morgan fingerprint density at radius 3 is 2.43 bits per heavy atom. The van der Waals surface area contributed by atoms with E-state index in [1.165, 1.54) is 17.7 Å². The van der Waals surface area contributed by atoms with Crippen LogP contribution in [0.4, 0.5) is 4.39 Å². The summed E-state index contributed by atoms with van der Waals surface area (Å²) in [7, 11) is 1.64. The van der Waals surface area contributed by atoms with Crippen molar-refractivity contribution in [1.82, 2.24) is 0 Å². The quantitative estimate of drug-likeness (QED) is 0.442. The summed E-state index contributed by atoms with van der Waals surface area (Å²) < 4.78 is 30.2. The fraction of sp³-hybridized carbons (Fsp3) is 0.400. The van der Waals surface area contributed by atoms with E-state index in [2.05, 4.69) is 0 Å². The molecule has 3 rings (SSSR count). The first-order valence-electron chi connectivity index (χ1n) is 9.82. The van der Waals surface area contributed by atoms with E-state index in [0.29, 0.717) is 12.2 Å². The van der Waals surface area contributed by atoms with Crippen LogP contribution in [0.15, 0.2) is 60.2 Å². The standard InChI is InChI=1S/C24H27FO4.CH4/c1-4-16(2)24(26)29-15-22-19(13-17-5-11-21(27-3)12-6-17)14-28-23(22)18-7-9-20(25)10-8-18;/h4-12,19,22-23H,13-15H2,1-3H3;1H4/b16-4-;/t19-,22-,23+;/m0./s1. The highest BCUT2D eigenvalue weighted by Gasteiger charge is 2.39. The van der Waals surface area contributed by atoms with E-state index in [9.17, 15) is 9.18 Å². The number of esters is 1. The van der Waals surface area contributed by atoms with Crippen LogP contribution in [0.2, 0.25) is 0 Å². The van der Waals surface area contributed by atoms with Crippen LogP contribution in [0.5, 0.6) is 5.75 Å². The fourth-order valence-electron chi connectivity index (χ4n) is 3.62. The van der Waals surface area contributed by atoms with Gasteiger partial charge in [-0.25, -0.2) is 9.18 Å². The molecule has 0 aromatic heterocycles. The minimum Gasteiger partial charge on any atom is -0.497 e. The van der Waals surface area contributed by atoms with E-state index in [1.807, 2.05) is 31.2 Å². The smallest absolute Gasteiger partial charge is 0.333 e. The molecule has 30 heavy (non-hydrogen) atoms. The molecule has 2 aromatic rings. The van der Waals surface area contributed by atoms with Crippen molar-refractivity contribution < 1.29 is 23.4 Å². The molecular formula is C25H31FO4. The van der Waals surface area contributed by atoms with Crippen molar-refractivity contribution >= 4 is 5.97 Å². The van der Waals surface area contributed by atoms with Gasteiger partial charge in [0.2, 0.25) is 0 Å². The second-order valence-electron chi connectivity index (χ2n) is 7.35. The maximum atomic E-state index is 13.4. The molecule has 2 aromatic carbocycles. The topological polar surface area (TPSA) is 44.8 Å². The van der Waals surface area contributed by atoms with Gasteiger partial charge in [-0.2, -0.15) is 0 Å². The molecule has 0 spiro atoms. The van der Waals surface area contributed by atoms with Gasteiger partial charge in [-0.3, -0.25) is 0 Å². The van der Waals surface area contributed by atoms with E-state index in [-0.39, 0.29) is 43.8 Å². The zero-order chi connectivity index (χ0) is 20.8. The zero-order valence-corrected chi connectivity index (χ0v) is 17.1. The number of halogens is 1. The van der Waals surface area contributed by atoms with Gasteiger partial charge in [-0.15, -0.1) is 0 Å². The van der Waals surface area contributed by atoms with E-state index < -0.39 is 0 Å². The number of hydrogen-bond donors (Lipinski definition) is 0. The molecule has 1 fully saturated rings. The Morgan fingerprint density at radius 1 is 1.17 bits per heavy atom. The molecule has 1 saturated heterocycles. The van der Waals surface area contributed by atoms with Crippen molar-refractivity contribution in [2.45, 2.75) is 33.8 Å². The van der Waals surface area contributed by atoms with Gasteiger partial charge in [0, 0.05) is 11.5 Å². The lowest BCUT2D eigenvalue weighted by Gasteiger charge is -2.23. The number of carbonyl (C=O) groups excluding carboxylic acids is 1. The van der Waals surface area contributed by atoms with Crippen LogP contribution in [-0.4, -0.2) is 26.3 Å². The van der Waals surface area contributed by atoms with Gasteiger partial charge in [-0.05, 0) is 61.6 Å². The fourth-order valence-corrected chi connectivity index (χ4v) is 3.62. The van der Waals surface area contributed by atoms with Crippen molar-refractivity contribution in [1.29, 1.82) is 0 Å². The molecule has 0 amide bonds. The molecule has 0 aliphatic carbocycles. The van der Waals surface area contributed by atoms with Crippen molar-refractivity contribution in [3.63, 3.8) is 0 Å². The molecule has 1 aliphatic heterocycles. The molecule has 162 valence electrons. The normalized spacial score (nSPS) is 21.1. The highest BCUT2D eigenvalue weighted by atomic mass is 19.1. The lowest BCUT2D eigenvalue weighted by Crippen LogP contribution is -2.24. The summed E-state index contributed by atoms with van der Waals surface area (Å²) in [5.41, 5.74) is 2.64. The zero-order valence-electron chi connectivity index (χ0n) is 17.1. The molecular weight excluding hydrogens is 383 g/mol. The molecule has 0 unspecified atom stereocenters. The molecule has 0 saturated carbocycles. The van der Waals surface area contributed by atoms with Crippen LogP contribution in [0.3, 0.4) is 0 Å². The third kappa shape index (κ3) is 5.70. The summed E-state index contributed by atoms with van der Waals surface area (Å²) >= 11 is 0. The molecule has 0 bridgehead atoms. The predicted octanol–water partition coefficient (Wildman–Crippen LogP) is 5.53. The SMILES string of the molecule is C.C/C=C(/C)C(=O)OC[C@H]1[C@@H](Cc2ccc(OC)cc2)CO[C@@H]1c1ccc(F)cc1. The molecule has 1 heterocycles. The highest BCUT2D eigenvalue weighted by Crippen LogP contribution is 2.40. The molecule has 0 radical (unpaired) electrons. The second-order valence-corrected chi connectivity index (χ2v) is 7.35. The lowest BCUT2D eigenvalue weighted by atomic mass is 9.84. The largest absolute Gasteiger partial charge is 0.497 e. The molecule has 4 nitrogen and oxygen atoms in total. The van der Waals surface area contributed by atoms with Crippen molar-refractivity contribution in [2.75, 3.05) is 20.3 Å². The van der Waals surface area contributed by atoms with Crippen molar-refractivity contribution in [2.24, 2.45) is 11.8 Å². The van der Waals surface area contributed by atoms with Gasteiger partial charge in [0.15, 0.2) is 0 Å². The number of benzene rings is 2. The minimum absolute atomic E-state index is 0. The van der Waals surface area contributed by atoms with Gasteiger partial charge in [0.1, 0.15) is 11.6 Å². The predicted molar refractivity (Wildman–Crippen MR) is 116 cm³/mol. The Hall–Kier alpha value is -2.66. The van der Waals surface area contributed by atoms with Crippen LogP contribution >= 0.6 is 0 Å². The lowest BCUT2D eigenvalue weighted by molar-refractivity contribution is -0.141. The summed E-state index contributed by atoms with van der Waals surface area (Å²) in [6.07, 6.45) is 2.30. The number of allylic oxidation sites excluding steroid dienone is 1. The summed E-state index contributed by atoms with van der Waals surface area (Å²) in [4.78, 5) is 12.2. The van der Waals surface area contributed by atoms with E-state index in [1.54, 1.807) is 32.2 Å². The summed E-state index contributed by atoms with van der Waals surface area (Å²) in [6.45, 7) is 4.36. The number of hydrogen-bond acceptors (Lipinski definition) is 4. The van der Waals surface area contributed by atoms with Gasteiger partial charge in [0.05, 0.1) is 26.4 Å². The monoisotopic (exact) mass is 414 g/mol. The highest BCUT2D eigenvalue weighted by molar-refractivity contribution is 5.87. The Morgan fingerprint density at radius 2 is 1.83 bits per heavy atom. The van der Waals surface area contributed by atoms with E-state index in [0.717, 1.165) is 17.7 Å². The Bertz CT molecular complexity index is 842. The maximum absolute atomic E-state index is 13.4. The number of ether oxygens (including phenoxy) is 3. The second kappa shape index (κ2) is 10.9. The van der Waals surface area contributed by atoms with Crippen LogP contribution in [0.25, 0.3) is 0 Å². The third-order valence-electron chi connectivity index (χ3n) is 5.50. The van der Waals surface area contributed by atoms with Gasteiger partial charge in [-0.1, -0.05) is 37.8 Å². The van der Waals surface area contributed by atoms with E-state index >= 15 is 0 Å². The number of carbonyl (C=O) groups is 1. The number of methoxy groups -OCH3 is 1. The molecule has 3 atom stereocenters. The number of rotatable bonds is 7. The van der Waals surface area contributed by atoms with E-state index in [4.69, 9.17) is 14.2 Å².